The number of hydrogen-bond acceptors (Lipinski definition) is 2. The molecule has 0 amide bonds. The van der Waals surface area contributed by atoms with Crippen LogP contribution in [-0.2, 0) is 12.8 Å². The van der Waals surface area contributed by atoms with Crippen molar-refractivity contribution < 1.29 is 9.84 Å². The van der Waals surface area contributed by atoms with Crippen LogP contribution in [0.4, 0.5) is 0 Å². The minimum absolute atomic E-state index is 0.213. The van der Waals surface area contributed by atoms with Gasteiger partial charge in [0.2, 0.25) is 0 Å². The lowest BCUT2D eigenvalue weighted by Crippen LogP contribution is -1.99. The Kier molecular flexibility index (Phi) is 6.99. The molecule has 0 radical (unpaired) electrons. The van der Waals surface area contributed by atoms with Gasteiger partial charge in [0, 0.05) is 0 Å². The molecule has 2 aromatic rings. The number of benzene rings is 2. The number of aryl methyl sites for hydroxylation is 2. The van der Waals surface area contributed by atoms with E-state index in [0.29, 0.717) is 5.75 Å². The van der Waals surface area contributed by atoms with Gasteiger partial charge in [-0.3, -0.25) is 0 Å². The summed E-state index contributed by atoms with van der Waals surface area (Å²) in [6.45, 7) is 2.33. The Morgan fingerprint density at radius 1 is 0.913 bits per heavy atom. The minimum atomic E-state index is 0.213. The molecular weight excluding hydrogens is 284 g/mol. The molecule has 2 nitrogen and oxygen atoms in total. The number of rotatable bonds is 9. The standard InChI is InChI=1S/C21H28O2/c1-17(8-6-7-11-18-9-4-3-5-10-18)12-13-19-14-15-20(22)21(16-19)23-2/h3-5,9-10,14-17,22H,6-8,11-13H2,1-2H3. The normalized spacial score (nSPS) is 12.1. The SMILES string of the molecule is COc1cc(CCC(C)CCCCc2ccccc2)ccc1O. The fourth-order valence-electron chi connectivity index (χ4n) is 2.90. The van der Waals surface area contributed by atoms with E-state index in [-0.39, 0.29) is 5.75 Å². The monoisotopic (exact) mass is 312 g/mol. The van der Waals surface area contributed by atoms with E-state index >= 15 is 0 Å². The Hall–Kier alpha value is -1.96. The molecule has 0 fully saturated rings. The molecule has 1 atom stereocenters. The number of phenols is 1. The Labute approximate surface area is 140 Å². The average molecular weight is 312 g/mol. The summed E-state index contributed by atoms with van der Waals surface area (Å²) in [4.78, 5) is 0. The second-order valence-electron chi connectivity index (χ2n) is 6.38. The number of unbranched alkanes of at least 4 members (excludes halogenated alkanes) is 1. The number of ether oxygens (including phenoxy) is 1. The third-order valence-corrected chi connectivity index (χ3v) is 4.43. The van der Waals surface area contributed by atoms with Gasteiger partial charge in [0.05, 0.1) is 7.11 Å². The Bertz CT molecular complexity index is 578. The highest BCUT2D eigenvalue weighted by atomic mass is 16.5. The molecule has 1 unspecified atom stereocenters. The molecule has 2 heteroatoms. The predicted molar refractivity (Wildman–Crippen MR) is 96.1 cm³/mol. The summed E-state index contributed by atoms with van der Waals surface area (Å²) in [5.74, 6) is 1.51. The van der Waals surface area contributed by atoms with E-state index in [2.05, 4.69) is 37.3 Å². The van der Waals surface area contributed by atoms with Crippen molar-refractivity contribution in [1.82, 2.24) is 0 Å². The number of aromatic hydroxyl groups is 1. The molecule has 2 aromatic carbocycles. The Morgan fingerprint density at radius 2 is 1.70 bits per heavy atom. The highest BCUT2D eigenvalue weighted by Crippen LogP contribution is 2.27. The molecule has 0 saturated carbocycles. The summed E-state index contributed by atoms with van der Waals surface area (Å²) < 4.78 is 5.16. The van der Waals surface area contributed by atoms with Gasteiger partial charge >= 0.3 is 0 Å². The lowest BCUT2D eigenvalue weighted by atomic mass is 9.95. The van der Waals surface area contributed by atoms with Crippen LogP contribution >= 0.6 is 0 Å². The van der Waals surface area contributed by atoms with Gasteiger partial charge < -0.3 is 9.84 Å². The number of hydrogen-bond donors (Lipinski definition) is 1. The van der Waals surface area contributed by atoms with Gasteiger partial charge in [0.25, 0.3) is 0 Å². The van der Waals surface area contributed by atoms with Gasteiger partial charge in [-0.05, 0) is 54.9 Å². The van der Waals surface area contributed by atoms with Crippen molar-refractivity contribution in [3.05, 3.63) is 59.7 Å². The van der Waals surface area contributed by atoms with Crippen molar-refractivity contribution >= 4 is 0 Å². The second-order valence-corrected chi connectivity index (χ2v) is 6.38. The summed E-state index contributed by atoms with van der Waals surface area (Å²) in [6, 6.07) is 16.4. The first-order chi connectivity index (χ1) is 11.2. The van der Waals surface area contributed by atoms with E-state index in [9.17, 15) is 5.11 Å². The molecule has 0 aliphatic rings. The van der Waals surface area contributed by atoms with Gasteiger partial charge in [-0.15, -0.1) is 0 Å². The van der Waals surface area contributed by atoms with Crippen LogP contribution in [0.15, 0.2) is 48.5 Å². The molecule has 0 bridgehead atoms. The molecular formula is C21H28O2. The van der Waals surface area contributed by atoms with Crippen molar-refractivity contribution in [2.24, 2.45) is 5.92 Å². The quantitative estimate of drug-likeness (QED) is 0.630. The lowest BCUT2D eigenvalue weighted by molar-refractivity contribution is 0.372. The van der Waals surface area contributed by atoms with Crippen molar-refractivity contribution in [2.45, 2.75) is 45.4 Å². The highest BCUT2D eigenvalue weighted by Gasteiger charge is 2.06. The first-order valence-electron chi connectivity index (χ1n) is 8.59. The maximum atomic E-state index is 9.62. The van der Waals surface area contributed by atoms with Crippen LogP contribution < -0.4 is 4.74 Å². The van der Waals surface area contributed by atoms with E-state index in [1.807, 2.05) is 12.1 Å². The fourth-order valence-corrected chi connectivity index (χ4v) is 2.90. The van der Waals surface area contributed by atoms with E-state index < -0.39 is 0 Å². The molecule has 0 aliphatic carbocycles. The van der Waals surface area contributed by atoms with Gasteiger partial charge in [0.1, 0.15) is 0 Å². The van der Waals surface area contributed by atoms with Crippen LogP contribution in [0, 0.1) is 5.92 Å². The van der Waals surface area contributed by atoms with Gasteiger partial charge in [-0.2, -0.15) is 0 Å². The van der Waals surface area contributed by atoms with Crippen molar-refractivity contribution in [3.8, 4) is 11.5 Å². The van der Waals surface area contributed by atoms with E-state index in [4.69, 9.17) is 4.74 Å². The maximum Gasteiger partial charge on any atom is 0.160 e. The van der Waals surface area contributed by atoms with Crippen LogP contribution in [0.5, 0.6) is 11.5 Å². The third kappa shape index (κ3) is 5.97. The first kappa shape index (κ1) is 17.4. The zero-order valence-corrected chi connectivity index (χ0v) is 14.3. The first-order valence-corrected chi connectivity index (χ1v) is 8.59. The van der Waals surface area contributed by atoms with Crippen LogP contribution in [0.3, 0.4) is 0 Å². The Morgan fingerprint density at radius 3 is 2.43 bits per heavy atom. The second kappa shape index (κ2) is 9.24. The summed E-state index contributed by atoms with van der Waals surface area (Å²) >= 11 is 0. The van der Waals surface area contributed by atoms with Gasteiger partial charge in [-0.1, -0.05) is 56.2 Å². The molecule has 0 aromatic heterocycles. The predicted octanol–water partition coefficient (Wildman–Crippen LogP) is 5.38. The van der Waals surface area contributed by atoms with Crippen molar-refractivity contribution in [3.63, 3.8) is 0 Å². The van der Waals surface area contributed by atoms with Crippen molar-refractivity contribution in [2.75, 3.05) is 7.11 Å². The van der Waals surface area contributed by atoms with E-state index in [1.165, 1.54) is 43.2 Å². The lowest BCUT2D eigenvalue weighted by Gasteiger charge is -2.12. The zero-order chi connectivity index (χ0) is 16.5. The summed E-state index contributed by atoms with van der Waals surface area (Å²) in [5, 5.41) is 9.62. The summed E-state index contributed by atoms with van der Waals surface area (Å²) in [6.07, 6.45) is 7.23. The summed E-state index contributed by atoms with van der Waals surface area (Å²) in [5.41, 5.74) is 2.67. The minimum Gasteiger partial charge on any atom is -0.504 e. The topological polar surface area (TPSA) is 29.5 Å². The Balaban J connectivity index is 1.66. The fraction of sp³-hybridized carbons (Fsp3) is 0.429. The average Bonchev–Trinajstić information content (AvgIpc) is 2.59. The van der Waals surface area contributed by atoms with E-state index in [1.54, 1.807) is 13.2 Å². The largest absolute Gasteiger partial charge is 0.504 e. The maximum absolute atomic E-state index is 9.62. The van der Waals surface area contributed by atoms with E-state index in [0.717, 1.165) is 12.3 Å². The molecule has 0 spiro atoms. The third-order valence-electron chi connectivity index (χ3n) is 4.43. The highest BCUT2D eigenvalue weighted by molar-refractivity contribution is 5.41. The van der Waals surface area contributed by atoms with Crippen LogP contribution in [0.1, 0.15) is 43.7 Å². The molecule has 0 aliphatic heterocycles. The molecule has 124 valence electrons. The molecule has 2 rings (SSSR count). The zero-order valence-electron chi connectivity index (χ0n) is 14.3. The summed E-state index contributed by atoms with van der Waals surface area (Å²) in [7, 11) is 1.59. The van der Waals surface area contributed by atoms with Crippen LogP contribution in [0.25, 0.3) is 0 Å². The van der Waals surface area contributed by atoms with Crippen LogP contribution in [-0.4, -0.2) is 12.2 Å². The molecule has 0 heterocycles. The van der Waals surface area contributed by atoms with Crippen molar-refractivity contribution in [1.29, 1.82) is 0 Å². The molecule has 0 saturated heterocycles. The van der Waals surface area contributed by atoms with Crippen LogP contribution in [0.2, 0.25) is 0 Å². The number of methoxy groups -OCH3 is 1. The number of phenolic OH excluding ortho intramolecular Hbond substituents is 1. The van der Waals surface area contributed by atoms with Gasteiger partial charge in [0.15, 0.2) is 11.5 Å². The van der Waals surface area contributed by atoms with Gasteiger partial charge in [-0.25, -0.2) is 0 Å². The molecule has 23 heavy (non-hydrogen) atoms. The molecule has 1 N–H and O–H groups in total. The smallest absolute Gasteiger partial charge is 0.160 e.